The van der Waals surface area contributed by atoms with E-state index in [0.717, 1.165) is 0 Å². The van der Waals surface area contributed by atoms with Crippen molar-refractivity contribution >= 4 is 11.9 Å². The lowest BCUT2D eigenvalue weighted by atomic mass is 10.0. The van der Waals surface area contributed by atoms with Crippen molar-refractivity contribution in [2.45, 2.75) is 39.3 Å². The number of nitrogens with zero attached hydrogens (tertiary/aromatic N) is 1. The Balaban J connectivity index is 2.77. The van der Waals surface area contributed by atoms with Crippen molar-refractivity contribution < 1.29 is 19.1 Å². The number of rotatable bonds is 2. The topological polar surface area (TPSA) is 55.8 Å². The third-order valence-electron chi connectivity index (χ3n) is 2.53. The van der Waals surface area contributed by atoms with Gasteiger partial charge in [0.15, 0.2) is 5.78 Å². The Labute approximate surface area is 108 Å². The molecule has 5 nitrogen and oxygen atoms in total. The molecule has 0 bridgehead atoms. The molecule has 1 aliphatic heterocycles. The monoisotopic (exact) mass is 255 g/mol. The van der Waals surface area contributed by atoms with Gasteiger partial charge in [-0.05, 0) is 27.7 Å². The van der Waals surface area contributed by atoms with Gasteiger partial charge >= 0.3 is 6.09 Å². The van der Waals surface area contributed by atoms with E-state index in [4.69, 9.17) is 9.47 Å². The highest BCUT2D eigenvalue weighted by molar-refractivity contribution is 5.99. The third kappa shape index (κ3) is 3.84. The minimum atomic E-state index is -0.559. The molecule has 0 aromatic carbocycles. The van der Waals surface area contributed by atoms with Crippen molar-refractivity contribution in [3.05, 3.63) is 11.6 Å². The molecule has 0 aliphatic carbocycles. The highest BCUT2D eigenvalue weighted by Gasteiger charge is 2.31. The average molecular weight is 255 g/mol. The number of ketones is 1. The molecule has 0 saturated carbocycles. The lowest BCUT2D eigenvalue weighted by Crippen LogP contribution is -2.47. The molecular weight excluding hydrogens is 234 g/mol. The lowest BCUT2D eigenvalue weighted by Gasteiger charge is -2.33. The minimum absolute atomic E-state index is 0.0469. The Morgan fingerprint density at radius 3 is 2.61 bits per heavy atom. The van der Waals surface area contributed by atoms with Crippen LogP contribution in [0, 0.1) is 0 Å². The fraction of sp³-hybridized carbons (Fsp3) is 0.692. The summed E-state index contributed by atoms with van der Waals surface area (Å²) >= 11 is 0. The van der Waals surface area contributed by atoms with E-state index in [1.165, 1.54) is 4.90 Å². The van der Waals surface area contributed by atoms with Crippen LogP contribution in [0.15, 0.2) is 11.6 Å². The maximum Gasteiger partial charge on any atom is 0.411 e. The SMILES string of the molecule is COCC1=C[C@@H](C)N(C(=O)OC(C)(C)C)CC1=O. The van der Waals surface area contributed by atoms with Crippen molar-refractivity contribution in [1.29, 1.82) is 0 Å². The first-order valence-electron chi connectivity index (χ1n) is 5.97. The molecule has 0 fully saturated rings. The fourth-order valence-corrected chi connectivity index (χ4v) is 1.71. The van der Waals surface area contributed by atoms with Gasteiger partial charge in [-0.1, -0.05) is 6.08 Å². The summed E-state index contributed by atoms with van der Waals surface area (Å²) in [5, 5.41) is 0. The van der Waals surface area contributed by atoms with Crippen molar-refractivity contribution in [2.75, 3.05) is 20.3 Å². The van der Waals surface area contributed by atoms with Crippen molar-refractivity contribution in [3.63, 3.8) is 0 Å². The smallest absolute Gasteiger partial charge is 0.411 e. The number of amides is 1. The van der Waals surface area contributed by atoms with Crippen LogP contribution in [-0.4, -0.2) is 48.7 Å². The Morgan fingerprint density at radius 2 is 2.11 bits per heavy atom. The molecule has 102 valence electrons. The zero-order chi connectivity index (χ0) is 13.9. The number of ether oxygens (including phenoxy) is 2. The highest BCUT2D eigenvalue weighted by Crippen LogP contribution is 2.18. The molecule has 0 saturated heterocycles. The summed E-state index contributed by atoms with van der Waals surface area (Å²) in [4.78, 5) is 25.2. The molecule has 0 radical (unpaired) electrons. The van der Waals surface area contributed by atoms with Crippen LogP contribution in [0.1, 0.15) is 27.7 Å². The third-order valence-corrected chi connectivity index (χ3v) is 2.53. The van der Waals surface area contributed by atoms with E-state index in [9.17, 15) is 9.59 Å². The summed E-state index contributed by atoms with van der Waals surface area (Å²) in [5.74, 6) is -0.0965. The van der Waals surface area contributed by atoms with E-state index in [1.807, 2.05) is 6.92 Å². The van der Waals surface area contributed by atoms with Gasteiger partial charge in [0.1, 0.15) is 5.60 Å². The summed E-state index contributed by atoms with van der Waals surface area (Å²) < 4.78 is 10.2. The van der Waals surface area contributed by atoms with E-state index >= 15 is 0 Å². The van der Waals surface area contributed by atoms with Gasteiger partial charge in [0, 0.05) is 12.7 Å². The Bertz CT molecular complexity index is 368. The van der Waals surface area contributed by atoms with E-state index in [2.05, 4.69) is 0 Å². The van der Waals surface area contributed by atoms with Crippen LogP contribution in [0.5, 0.6) is 0 Å². The predicted octanol–water partition coefficient (Wildman–Crippen LogP) is 1.77. The molecule has 1 amide bonds. The minimum Gasteiger partial charge on any atom is -0.444 e. The number of hydrogen-bond donors (Lipinski definition) is 0. The molecule has 0 aromatic heterocycles. The number of Topliss-reactive ketones (excluding diaryl/α,β-unsaturated/α-hetero) is 1. The molecule has 0 spiro atoms. The van der Waals surface area contributed by atoms with Gasteiger partial charge in [0.2, 0.25) is 0 Å². The van der Waals surface area contributed by atoms with Gasteiger partial charge in [-0.25, -0.2) is 4.79 Å². The van der Waals surface area contributed by atoms with Crippen molar-refractivity contribution in [3.8, 4) is 0 Å². The maximum absolute atomic E-state index is 11.9. The number of methoxy groups -OCH3 is 1. The summed E-state index contributed by atoms with van der Waals surface area (Å²) in [6.07, 6.45) is 1.29. The second kappa shape index (κ2) is 5.52. The molecule has 0 aromatic rings. The Kier molecular flexibility index (Phi) is 4.51. The number of carbonyl (C=O) groups excluding carboxylic acids is 2. The van der Waals surface area contributed by atoms with E-state index in [0.29, 0.717) is 5.57 Å². The summed E-state index contributed by atoms with van der Waals surface area (Å²) in [6, 6.07) is -0.164. The van der Waals surface area contributed by atoms with Crippen LogP contribution in [-0.2, 0) is 14.3 Å². The fourth-order valence-electron chi connectivity index (χ4n) is 1.71. The summed E-state index contributed by atoms with van der Waals surface area (Å²) in [5.41, 5.74) is 0.0564. The Morgan fingerprint density at radius 1 is 1.50 bits per heavy atom. The van der Waals surface area contributed by atoms with Gasteiger partial charge in [-0.15, -0.1) is 0 Å². The first-order chi connectivity index (χ1) is 8.24. The molecule has 18 heavy (non-hydrogen) atoms. The van der Waals surface area contributed by atoms with Crippen LogP contribution in [0.2, 0.25) is 0 Å². The average Bonchev–Trinajstić information content (AvgIpc) is 2.20. The van der Waals surface area contributed by atoms with Crippen LogP contribution in [0.4, 0.5) is 4.79 Å². The summed E-state index contributed by atoms with van der Waals surface area (Å²) in [7, 11) is 1.54. The quantitative estimate of drug-likeness (QED) is 0.754. The van der Waals surface area contributed by atoms with Crippen LogP contribution < -0.4 is 0 Å². The zero-order valence-electron chi connectivity index (χ0n) is 11.6. The maximum atomic E-state index is 11.9. The Hall–Kier alpha value is -1.36. The van der Waals surface area contributed by atoms with E-state index < -0.39 is 11.7 Å². The highest BCUT2D eigenvalue weighted by atomic mass is 16.6. The molecule has 0 N–H and O–H groups in total. The normalized spacial score (nSPS) is 20.7. The largest absolute Gasteiger partial charge is 0.444 e. The van der Waals surface area contributed by atoms with Gasteiger partial charge in [0.25, 0.3) is 0 Å². The van der Waals surface area contributed by atoms with Crippen LogP contribution in [0.3, 0.4) is 0 Å². The molecule has 1 rings (SSSR count). The first kappa shape index (κ1) is 14.7. The van der Waals surface area contributed by atoms with Gasteiger partial charge in [-0.2, -0.15) is 0 Å². The van der Waals surface area contributed by atoms with E-state index in [-0.39, 0.29) is 25.0 Å². The van der Waals surface area contributed by atoms with Crippen molar-refractivity contribution in [2.24, 2.45) is 0 Å². The lowest BCUT2D eigenvalue weighted by molar-refractivity contribution is -0.118. The van der Waals surface area contributed by atoms with Gasteiger partial charge < -0.3 is 9.47 Å². The van der Waals surface area contributed by atoms with Crippen molar-refractivity contribution in [1.82, 2.24) is 4.90 Å². The summed E-state index contributed by atoms with van der Waals surface area (Å²) in [6.45, 7) is 7.58. The first-order valence-corrected chi connectivity index (χ1v) is 5.97. The zero-order valence-corrected chi connectivity index (χ0v) is 11.6. The van der Waals surface area contributed by atoms with Gasteiger partial charge in [-0.3, -0.25) is 9.69 Å². The van der Waals surface area contributed by atoms with Crippen LogP contribution in [0.25, 0.3) is 0 Å². The number of hydrogen-bond acceptors (Lipinski definition) is 4. The van der Waals surface area contributed by atoms with Crippen LogP contribution >= 0.6 is 0 Å². The molecule has 1 aliphatic rings. The second-order valence-electron chi connectivity index (χ2n) is 5.40. The number of carbonyl (C=O) groups is 2. The van der Waals surface area contributed by atoms with Gasteiger partial charge in [0.05, 0.1) is 19.2 Å². The molecule has 1 atom stereocenters. The predicted molar refractivity (Wildman–Crippen MR) is 67.4 cm³/mol. The molecular formula is C13H21NO4. The van der Waals surface area contributed by atoms with E-state index in [1.54, 1.807) is 34.0 Å². The second-order valence-corrected chi connectivity index (χ2v) is 5.40. The molecule has 5 heteroatoms. The molecule has 1 heterocycles. The molecule has 0 unspecified atom stereocenters. The standard InChI is InChI=1S/C13H21NO4/c1-9-6-10(8-17-5)11(15)7-14(9)12(16)18-13(2,3)4/h6,9H,7-8H2,1-5H3/t9-/m1/s1.